The number of nitrogens with one attached hydrogen (secondary N) is 2. The second kappa shape index (κ2) is 6.66. The maximum Gasteiger partial charge on any atom is 0.315 e. The Morgan fingerprint density at radius 3 is 2.96 bits per heavy atom. The van der Waals surface area contributed by atoms with Crippen molar-refractivity contribution < 1.29 is 4.79 Å². The minimum absolute atomic E-state index is 0.141. The molecule has 1 atom stereocenters. The van der Waals surface area contributed by atoms with Gasteiger partial charge in [0, 0.05) is 24.0 Å². The van der Waals surface area contributed by atoms with Gasteiger partial charge in [-0.2, -0.15) is 0 Å². The first-order valence-corrected chi connectivity index (χ1v) is 8.74. The van der Waals surface area contributed by atoms with E-state index >= 15 is 0 Å². The second-order valence-electron chi connectivity index (χ2n) is 6.12. The Balaban J connectivity index is 1.64. The Kier molecular flexibility index (Phi) is 4.61. The zero-order valence-electron chi connectivity index (χ0n) is 13.7. The van der Waals surface area contributed by atoms with E-state index in [4.69, 9.17) is 0 Å². The summed E-state index contributed by atoms with van der Waals surface area (Å²) in [6, 6.07) is -0.331. The minimum Gasteiger partial charge on any atom is -0.333 e. The number of carbonyl (C=O) groups excluding carboxylic acids is 1. The summed E-state index contributed by atoms with van der Waals surface area (Å²) < 4.78 is 2.14. The fourth-order valence-electron chi connectivity index (χ4n) is 2.78. The summed E-state index contributed by atoms with van der Waals surface area (Å²) in [6.45, 7) is 7.53. The van der Waals surface area contributed by atoms with Crippen LogP contribution in [0.1, 0.15) is 47.8 Å². The molecule has 2 N–H and O–H groups in total. The summed E-state index contributed by atoms with van der Waals surface area (Å²) in [5.74, 6) is 2.12. The number of carbonyl (C=O) groups is 1. The van der Waals surface area contributed by atoms with E-state index in [1.54, 1.807) is 17.5 Å². The highest BCUT2D eigenvalue weighted by Gasteiger charge is 2.27. The first-order chi connectivity index (χ1) is 11.0. The number of hydrogen-bond donors (Lipinski definition) is 2. The lowest BCUT2D eigenvalue weighted by molar-refractivity contribution is 0.231. The number of aryl methyl sites for hydroxylation is 2. The summed E-state index contributed by atoms with van der Waals surface area (Å²) in [5.41, 5.74) is 0. The molecule has 3 heterocycles. The number of aromatic nitrogens is 4. The van der Waals surface area contributed by atoms with Crippen molar-refractivity contribution in [2.24, 2.45) is 5.92 Å². The highest BCUT2D eigenvalue weighted by molar-refractivity contribution is 7.11. The average Bonchev–Trinajstić information content (AvgIpc) is 3.19. The van der Waals surface area contributed by atoms with Crippen LogP contribution in [-0.2, 0) is 19.5 Å². The maximum atomic E-state index is 12.2. The Bertz CT molecular complexity index is 692. The number of fused-ring (bicyclic) bond motifs is 1. The molecule has 8 heteroatoms. The van der Waals surface area contributed by atoms with E-state index in [-0.39, 0.29) is 18.0 Å². The fourth-order valence-corrected chi connectivity index (χ4v) is 3.51. The molecule has 1 aliphatic heterocycles. The van der Waals surface area contributed by atoms with Crippen LogP contribution in [0.5, 0.6) is 0 Å². The van der Waals surface area contributed by atoms with Crippen LogP contribution >= 0.6 is 11.3 Å². The van der Waals surface area contributed by atoms with Crippen molar-refractivity contribution in [1.82, 2.24) is 30.4 Å². The molecule has 0 radical (unpaired) electrons. The SMILES string of the molecule is Cc1ncc(CNC(=O)N[C@@H](c2nnc3n2CCC3)C(C)C)s1. The van der Waals surface area contributed by atoms with E-state index in [1.165, 1.54) is 0 Å². The number of thiazole rings is 1. The Hall–Kier alpha value is -1.96. The maximum absolute atomic E-state index is 12.2. The molecular weight excluding hydrogens is 312 g/mol. The van der Waals surface area contributed by atoms with Crippen LogP contribution in [0, 0.1) is 12.8 Å². The van der Waals surface area contributed by atoms with Gasteiger partial charge in [-0.3, -0.25) is 0 Å². The van der Waals surface area contributed by atoms with Crippen LogP contribution in [-0.4, -0.2) is 25.8 Å². The third-order valence-electron chi connectivity index (χ3n) is 3.96. The third-order valence-corrected chi connectivity index (χ3v) is 4.87. The van der Waals surface area contributed by atoms with Gasteiger partial charge < -0.3 is 15.2 Å². The zero-order chi connectivity index (χ0) is 16.4. The van der Waals surface area contributed by atoms with Crippen molar-refractivity contribution in [3.8, 4) is 0 Å². The van der Waals surface area contributed by atoms with Crippen LogP contribution in [0.2, 0.25) is 0 Å². The van der Waals surface area contributed by atoms with Crippen molar-refractivity contribution in [2.45, 2.75) is 52.7 Å². The molecule has 0 bridgehead atoms. The molecule has 0 aromatic carbocycles. The molecule has 124 valence electrons. The highest BCUT2D eigenvalue weighted by atomic mass is 32.1. The molecule has 2 aromatic heterocycles. The number of nitrogens with zero attached hydrogens (tertiary/aromatic N) is 4. The van der Waals surface area contributed by atoms with Gasteiger partial charge in [-0.25, -0.2) is 9.78 Å². The van der Waals surface area contributed by atoms with E-state index in [2.05, 4.69) is 44.2 Å². The molecule has 0 unspecified atom stereocenters. The lowest BCUT2D eigenvalue weighted by Crippen LogP contribution is -2.40. The first-order valence-electron chi connectivity index (χ1n) is 7.92. The summed E-state index contributed by atoms with van der Waals surface area (Å²) in [7, 11) is 0. The summed E-state index contributed by atoms with van der Waals surface area (Å²) >= 11 is 1.59. The second-order valence-corrected chi connectivity index (χ2v) is 7.44. The van der Waals surface area contributed by atoms with E-state index in [9.17, 15) is 4.79 Å². The summed E-state index contributed by atoms with van der Waals surface area (Å²) in [4.78, 5) is 17.5. The van der Waals surface area contributed by atoms with E-state index < -0.39 is 0 Å². The molecule has 23 heavy (non-hydrogen) atoms. The van der Waals surface area contributed by atoms with Gasteiger partial charge in [0.15, 0.2) is 5.82 Å². The van der Waals surface area contributed by atoms with E-state index in [0.717, 1.165) is 40.9 Å². The first kappa shape index (κ1) is 15.9. The van der Waals surface area contributed by atoms with Crippen LogP contribution < -0.4 is 10.6 Å². The van der Waals surface area contributed by atoms with Gasteiger partial charge in [-0.1, -0.05) is 13.8 Å². The Morgan fingerprint density at radius 2 is 2.26 bits per heavy atom. The van der Waals surface area contributed by atoms with Gasteiger partial charge in [0.1, 0.15) is 5.82 Å². The molecule has 0 fully saturated rings. The van der Waals surface area contributed by atoms with Crippen LogP contribution in [0.25, 0.3) is 0 Å². The van der Waals surface area contributed by atoms with Crippen molar-refractivity contribution in [3.63, 3.8) is 0 Å². The van der Waals surface area contributed by atoms with Gasteiger partial charge in [-0.05, 0) is 19.3 Å². The molecule has 0 spiro atoms. The number of urea groups is 1. The number of hydrogen-bond acceptors (Lipinski definition) is 5. The topological polar surface area (TPSA) is 84.7 Å². The lowest BCUT2D eigenvalue weighted by Gasteiger charge is -2.22. The Labute approximate surface area is 139 Å². The van der Waals surface area contributed by atoms with Crippen molar-refractivity contribution in [3.05, 3.63) is 27.7 Å². The largest absolute Gasteiger partial charge is 0.333 e. The predicted octanol–water partition coefficient (Wildman–Crippen LogP) is 2.19. The average molecular weight is 334 g/mol. The molecule has 2 amide bonds. The van der Waals surface area contributed by atoms with Crippen LogP contribution in [0.3, 0.4) is 0 Å². The van der Waals surface area contributed by atoms with Gasteiger partial charge >= 0.3 is 6.03 Å². The van der Waals surface area contributed by atoms with Gasteiger partial charge in [0.2, 0.25) is 0 Å². The normalized spacial score (nSPS) is 14.8. The van der Waals surface area contributed by atoms with Crippen molar-refractivity contribution >= 4 is 17.4 Å². The lowest BCUT2D eigenvalue weighted by atomic mass is 10.0. The van der Waals surface area contributed by atoms with Gasteiger partial charge in [0.05, 0.1) is 17.6 Å². The highest BCUT2D eigenvalue weighted by Crippen LogP contribution is 2.24. The van der Waals surface area contributed by atoms with E-state index in [1.807, 2.05) is 6.92 Å². The standard InChI is InChI=1S/C15H22N6OS/c1-9(2)13(14-20-19-12-5-4-6-21(12)14)18-15(22)17-8-11-7-16-10(3)23-11/h7,9,13H,4-6,8H2,1-3H3,(H2,17,18,22)/t13-/m1/s1. The molecule has 0 saturated heterocycles. The van der Waals surface area contributed by atoms with Crippen LogP contribution in [0.4, 0.5) is 4.79 Å². The molecule has 0 saturated carbocycles. The molecule has 7 nitrogen and oxygen atoms in total. The third kappa shape index (κ3) is 3.52. The van der Waals surface area contributed by atoms with Gasteiger partial charge in [0.25, 0.3) is 0 Å². The van der Waals surface area contributed by atoms with Crippen molar-refractivity contribution in [1.29, 1.82) is 0 Å². The Morgan fingerprint density at radius 1 is 1.43 bits per heavy atom. The molecule has 3 rings (SSSR count). The zero-order valence-corrected chi connectivity index (χ0v) is 14.5. The quantitative estimate of drug-likeness (QED) is 0.878. The molecule has 2 aromatic rings. The predicted molar refractivity (Wildman–Crippen MR) is 88.1 cm³/mol. The summed E-state index contributed by atoms with van der Waals surface area (Å²) in [6.07, 6.45) is 3.86. The number of amides is 2. The monoisotopic (exact) mass is 334 g/mol. The minimum atomic E-state index is -0.190. The summed E-state index contributed by atoms with van der Waals surface area (Å²) in [5, 5.41) is 15.5. The molecule has 1 aliphatic rings. The molecule has 0 aliphatic carbocycles. The number of rotatable bonds is 5. The smallest absolute Gasteiger partial charge is 0.315 e. The molecular formula is C15H22N6OS. The van der Waals surface area contributed by atoms with E-state index in [0.29, 0.717) is 6.54 Å². The fraction of sp³-hybridized carbons (Fsp3) is 0.600. The van der Waals surface area contributed by atoms with Gasteiger partial charge in [-0.15, -0.1) is 21.5 Å². The van der Waals surface area contributed by atoms with Crippen molar-refractivity contribution in [2.75, 3.05) is 0 Å². The van der Waals surface area contributed by atoms with Crippen LogP contribution in [0.15, 0.2) is 6.20 Å².